The Hall–Kier alpha value is -2.77. The zero-order valence-electron chi connectivity index (χ0n) is 15.6. The standard InChI is InChI=1S/C20H22ClN3O4/c1-3-27-19(25)17-15(11-22-12(2)13-6-8-14(21)9-7-13)23-20(26)24-18(17)16-5-4-10-28-16/h4-10,12,18,22H,3,11H2,1-2H3,(H2,23,24,26)/t12-,18+/m0/s1. The van der Waals surface area contributed by atoms with Gasteiger partial charge in [0.25, 0.3) is 0 Å². The second kappa shape index (κ2) is 8.95. The van der Waals surface area contributed by atoms with E-state index in [1.807, 2.05) is 31.2 Å². The highest BCUT2D eigenvalue weighted by Gasteiger charge is 2.35. The molecule has 0 fully saturated rings. The third-order valence-corrected chi connectivity index (χ3v) is 4.68. The quantitative estimate of drug-likeness (QED) is 0.616. The van der Waals surface area contributed by atoms with Crippen molar-refractivity contribution >= 4 is 23.6 Å². The molecule has 0 bridgehead atoms. The zero-order valence-corrected chi connectivity index (χ0v) is 16.4. The normalized spacial score (nSPS) is 17.7. The second-order valence-electron chi connectivity index (χ2n) is 6.31. The molecule has 0 aliphatic carbocycles. The van der Waals surface area contributed by atoms with Crippen LogP contribution in [0.5, 0.6) is 0 Å². The number of nitrogens with one attached hydrogen (secondary N) is 3. The van der Waals surface area contributed by atoms with E-state index in [0.717, 1.165) is 5.56 Å². The average molecular weight is 404 g/mol. The Balaban J connectivity index is 1.86. The summed E-state index contributed by atoms with van der Waals surface area (Å²) in [5.41, 5.74) is 1.79. The number of ether oxygens (including phenoxy) is 1. The molecule has 7 nitrogen and oxygen atoms in total. The van der Waals surface area contributed by atoms with Crippen LogP contribution in [0, 0.1) is 0 Å². The Morgan fingerprint density at radius 1 is 1.32 bits per heavy atom. The van der Waals surface area contributed by atoms with Gasteiger partial charge < -0.3 is 25.1 Å². The van der Waals surface area contributed by atoms with Gasteiger partial charge in [-0.3, -0.25) is 0 Å². The number of hydrogen-bond acceptors (Lipinski definition) is 5. The Morgan fingerprint density at radius 3 is 2.71 bits per heavy atom. The van der Waals surface area contributed by atoms with Crippen molar-refractivity contribution in [2.24, 2.45) is 0 Å². The summed E-state index contributed by atoms with van der Waals surface area (Å²) in [4.78, 5) is 24.8. The van der Waals surface area contributed by atoms with Crippen molar-refractivity contribution in [2.75, 3.05) is 13.2 Å². The van der Waals surface area contributed by atoms with E-state index in [0.29, 0.717) is 22.1 Å². The Kier molecular flexibility index (Phi) is 6.38. The van der Waals surface area contributed by atoms with E-state index in [1.54, 1.807) is 19.1 Å². The van der Waals surface area contributed by atoms with Crippen LogP contribution < -0.4 is 16.0 Å². The second-order valence-corrected chi connectivity index (χ2v) is 6.75. The third-order valence-electron chi connectivity index (χ3n) is 4.43. The number of benzene rings is 1. The summed E-state index contributed by atoms with van der Waals surface area (Å²) in [5, 5.41) is 9.42. The van der Waals surface area contributed by atoms with Gasteiger partial charge in [0.2, 0.25) is 0 Å². The Bertz CT molecular complexity index is 862. The zero-order chi connectivity index (χ0) is 20.1. The molecule has 2 heterocycles. The summed E-state index contributed by atoms with van der Waals surface area (Å²) < 4.78 is 10.6. The Labute approximate surface area is 168 Å². The lowest BCUT2D eigenvalue weighted by Gasteiger charge is -2.28. The van der Waals surface area contributed by atoms with Crippen molar-refractivity contribution in [2.45, 2.75) is 25.9 Å². The number of carbonyl (C=O) groups excluding carboxylic acids is 2. The van der Waals surface area contributed by atoms with Crippen LogP contribution in [0.4, 0.5) is 4.79 Å². The van der Waals surface area contributed by atoms with Gasteiger partial charge in [0, 0.05) is 23.3 Å². The molecule has 1 aliphatic heterocycles. The highest BCUT2D eigenvalue weighted by molar-refractivity contribution is 6.30. The summed E-state index contributed by atoms with van der Waals surface area (Å²) in [6.45, 7) is 4.21. The van der Waals surface area contributed by atoms with Crippen LogP contribution in [-0.2, 0) is 9.53 Å². The van der Waals surface area contributed by atoms with Gasteiger partial charge in [-0.2, -0.15) is 0 Å². The molecular formula is C20H22ClN3O4. The van der Waals surface area contributed by atoms with E-state index < -0.39 is 18.0 Å². The molecule has 28 heavy (non-hydrogen) atoms. The van der Waals surface area contributed by atoms with Gasteiger partial charge in [-0.25, -0.2) is 9.59 Å². The molecule has 0 radical (unpaired) electrons. The largest absolute Gasteiger partial charge is 0.467 e. The number of rotatable bonds is 7. The lowest BCUT2D eigenvalue weighted by atomic mass is 9.99. The first-order valence-corrected chi connectivity index (χ1v) is 9.37. The van der Waals surface area contributed by atoms with Gasteiger partial charge in [0.15, 0.2) is 0 Å². The van der Waals surface area contributed by atoms with Crippen LogP contribution in [0.3, 0.4) is 0 Å². The molecule has 0 spiro atoms. The first-order chi connectivity index (χ1) is 13.5. The minimum absolute atomic E-state index is 0.0259. The summed E-state index contributed by atoms with van der Waals surface area (Å²) in [5.74, 6) is -0.0477. The Morgan fingerprint density at radius 2 is 2.07 bits per heavy atom. The molecule has 0 unspecified atom stereocenters. The summed E-state index contributed by atoms with van der Waals surface area (Å²) in [6, 6.07) is 9.73. The van der Waals surface area contributed by atoms with Crippen molar-refractivity contribution in [3.05, 3.63) is 70.3 Å². The van der Waals surface area contributed by atoms with Crippen molar-refractivity contribution in [3.8, 4) is 0 Å². The maximum absolute atomic E-state index is 12.6. The first-order valence-electron chi connectivity index (χ1n) is 8.99. The topological polar surface area (TPSA) is 92.6 Å². The van der Waals surface area contributed by atoms with Crippen LogP contribution in [0.1, 0.15) is 37.3 Å². The van der Waals surface area contributed by atoms with Gasteiger partial charge >= 0.3 is 12.0 Å². The van der Waals surface area contributed by atoms with Gasteiger partial charge in [0.1, 0.15) is 11.8 Å². The minimum Gasteiger partial charge on any atom is -0.467 e. The molecular weight excluding hydrogens is 382 g/mol. The monoisotopic (exact) mass is 403 g/mol. The highest BCUT2D eigenvalue weighted by Crippen LogP contribution is 2.28. The van der Waals surface area contributed by atoms with Crippen LogP contribution in [-0.4, -0.2) is 25.2 Å². The number of amides is 2. The van der Waals surface area contributed by atoms with E-state index >= 15 is 0 Å². The molecule has 8 heteroatoms. The maximum Gasteiger partial charge on any atom is 0.338 e. The van der Waals surface area contributed by atoms with E-state index in [9.17, 15) is 9.59 Å². The molecule has 3 N–H and O–H groups in total. The molecule has 2 aromatic rings. The summed E-state index contributed by atoms with van der Waals surface area (Å²) >= 11 is 5.94. The van der Waals surface area contributed by atoms with E-state index in [4.69, 9.17) is 20.8 Å². The van der Waals surface area contributed by atoms with Crippen LogP contribution in [0.15, 0.2) is 58.3 Å². The molecule has 0 saturated heterocycles. The van der Waals surface area contributed by atoms with E-state index in [1.165, 1.54) is 6.26 Å². The maximum atomic E-state index is 12.6. The summed E-state index contributed by atoms with van der Waals surface area (Å²) in [6.07, 6.45) is 1.49. The third kappa shape index (κ3) is 4.55. The number of furan rings is 1. The molecule has 1 aromatic heterocycles. The van der Waals surface area contributed by atoms with Gasteiger partial charge in [-0.05, 0) is 43.7 Å². The van der Waals surface area contributed by atoms with Crippen LogP contribution in [0.25, 0.3) is 0 Å². The predicted octanol–water partition coefficient (Wildman–Crippen LogP) is 3.45. The fourth-order valence-electron chi connectivity index (χ4n) is 3.00. The summed E-state index contributed by atoms with van der Waals surface area (Å²) in [7, 11) is 0. The van der Waals surface area contributed by atoms with Crippen molar-refractivity contribution in [1.82, 2.24) is 16.0 Å². The van der Waals surface area contributed by atoms with Gasteiger partial charge in [0.05, 0.1) is 18.4 Å². The fourth-order valence-corrected chi connectivity index (χ4v) is 3.13. The molecule has 0 saturated carbocycles. The smallest absolute Gasteiger partial charge is 0.338 e. The fraction of sp³-hybridized carbons (Fsp3) is 0.300. The number of esters is 1. The van der Waals surface area contributed by atoms with E-state index in [-0.39, 0.29) is 19.2 Å². The lowest BCUT2D eigenvalue weighted by molar-refractivity contribution is -0.139. The molecule has 148 valence electrons. The minimum atomic E-state index is -0.717. The van der Waals surface area contributed by atoms with Gasteiger partial charge in [-0.1, -0.05) is 23.7 Å². The number of hydrogen-bond donors (Lipinski definition) is 3. The van der Waals surface area contributed by atoms with Crippen molar-refractivity contribution in [3.63, 3.8) is 0 Å². The van der Waals surface area contributed by atoms with E-state index in [2.05, 4.69) is 16.0 Å². The average Bonchev–Trinajstić information content (AvgIpc) is 3.21. The molecule has 1 aromatic carbocycles. The van der Waals surface area contributed by atoms with Crippen LogP contribution in [0.2, 0.25) is 5.02 Å². The van der Waals surface area contributed by atoms with Gasteiger partial charge in [-0.15, -0.1) is 0 Å². The van der Waals surface area contributed by atoms with Crippen molar-refractivity contribution in [1.29, 1.82) is 0 Å². The van der Waals surface area contributed by atoms with Crippen molar-refractivity contribution < 1.29 is 18.7 Å². The molecule has 3 rings (SSSR count). The SMILES string of the molecule is CCOC(=O)C1=C(CN[C@@H](C)c2ccc(Cl)cc2)NC(=O)N[C@@H]1c1ccco1. The lowest BCUT2D eigenvalue weighted by Crippen LogP contribution is -2.48. The van der Waals surface area contributed by atoms with Crippen LogP contribution >= 0.6 is 11.6 Å². The predicted molar refractivity (Wildman–Crippen MR) is 105 cm³/mol. The molecule has 2 atom stereocenters. The highest BCUT2D eigenvalue weighted by atomic mass is 35.5. The molecule has 1 aliphatic rings. The number of carbonyl (C=O) groups is 2. The number of urea groups is 1. The first kappa shape index (κ1) is 20.0. The molecule has 2 amide bonds. The number of halogens is 1.